The van der Waals surface area contributed by atoms with Gasteiger partial charge in [-0.1, -0.05) is 0 Å². The molecule has 0 saturated carbocycles. The van der Waals surface area contributed by atoms with Crippen molar-refractivity contribution < 1.29 is 14.3 Å². The number of hydrogen-bond acceptors (Lipinski definition) is 5. The highest BCUT2D eigenvalue weighted by molar-refractivity contribution is 7.08. The minimum atomic E-state index is -0.233. The van der Waals surface area contributed by atoms with Crippen LogP contribution in [0.2, 0.25) is 0 Å². The van der Waals surface area contributed by atoms with Gasteiger partial charge in [-0.05, 0) is 11.4 Å². The largest absolute Gasteiger partial charge is 0.380 e. The van der Waals surface area contributed by atoms with E-state index in [4.69, 9.17) is 10.5 Å². The Morgan fingerprint density at radius 3 is 2.52 bits per heavy atom. The number of hydrogen-bond donors (Lipinski definition) is 1. The molecule has 6 nitrogen and oxygen atoms in total. The Kier molecular flexibility index (Phi) is 5.72. The first kappa shape index (κ1) is 15.9. The first-order valence-electron chi connectivity index (χ1n) is 6.97. The van der Waals surface area contributed by atoms with Gasteiger partial charge in [0.05, 0.1) is 18.1 Å². The van der Waals surface area contributed by atoms with Crippen LogP contribution in [0.3, 0.4) is 0 Å². The van der Waals surface area contributed by atoms with Crippen molar-refractivity contribution in [3.63, 3.8) is 0 Å². The molecule has 0 bridgehead atoms. The molecule has 1 saturated heterocycles. The Morgan fingerprint density at radius 2 is 2.00 bits per heavy atom. The monoisotopic (exact) mass is 311 g/mol. The molecule has 2 heterocycles. The minimum Gasteiger partial charge on any atom is -0.380 e. The van der Waals surface area contributed by atoms with Gasteiger partial charge in [0.15, 0.2) is 0 Å². The number of nitrogens with zero attached hydrogens (tertiary/aromatic N) is 2. The quantitative estimate of drug-likeness (QED) is 0.854. The third kappa shape index (κ3) is 4.03. The van der Waals surface area contributed by atoms with E-state index in [0.29, 0.717) is 39.1 Å². The van der Waals surface area contributed by atoms with Crippen LogP contribution in [0.15, 0.2) is 16.8 Å². The first-order chi connectivity index (χ1) is 10.2. The van der Waals surface area contributed by atoms with E-state index in [1.54, 1.807) is 16.9 Å². The summed E-state index contributed by atoms with van der Waals surface area (Å²) in [6.07, 6.45) is 0.0637. The standard InChI is InChI=1S/C14H21N3O3S/c1-20-12(9-15)8-13(18)16-3-5-17(6-4-16)14(19)11-2-7-21-10-11/h2,7,10,12H,3-6,8-9,15H2,1H3. The lowest BCUT2D eigenvalue weighted by molar-refractivity contribution is -0.135. The van der Waals surface area contributed by atoms with E-state index in [-0.39, 0.29) is 17.9 Å². The average Bonchev–Trinajstić information content (AvgIpc) is 3.06. The molecule has 0 spiro atoms. The summed E-state index contributed by atoms with van der Waals surface area (Å²) in [5.74, 6) is 0.0787. The maximum atomic E-state index is 12.2. The molecule has 21 heavy (non-hydrogen) atoms. The Morgan fingerprint density at radius 1 is 1.33 bits per heavy atom. The van der Waals surface area contributed by atoms with Crippen molar-refractivity contribution in [1.29, 1.82) is 0 Å². The highest BCUT2D eigenvalue weighted by Crippen LogP contribution is 2.13. The van der Waals surface area contributed by atoms with Crippen molar-refractivity contribution in [2.24, 2.45) is 5.73 Å². The summed E-state index contributed by atoms with van der Waals surface area (Å²) < 4.78 is 5.13. The molecule has 2 amide bonds. The van der Waals surface area contributed by atoms with Gasteiger partial charge in [0.2, 0.25) is 5.91 Å². The molecule has 1 aliphatic rings. The van der Waals surface area contributed by atoms with Crippen LogP contribution in [0.1, 0.15) is 16.8 Å². The fourth-order valence-electron chi connectivity index (χ4n) is 2.31. The number of methoxy groups -OCH3 is 1. The molecular weight excluding hydrogens is 290 g/mol. The van der Waals surface area contributed by atoms with E-state index in [2.05, 4.69) is 0 Å². The normalized spacial score (nSPS) is 16.9. The van der Waals surface area contributed by atoms with Crippen LogP contribution in [0, 0.1) is 0 Å². The molecule has 0 radical (unpaired) electrons. The SMILES string of the molecule is COC(CN)CC(=O)N1CCN(C(=O)c2ccsc2)CC1. The van der Waals surface area contributed by atoms with Crippen molar-refractivity contribution in [3.05, 3.63) is 22.4 Å². The number of carbonyl (C=O) groups excluding carboxylic acids is 2. The zero-order chi connectivity index (χ0) is 15.2. The summed E-state index contributed by atoms with van der Waals surface area (Å²) >= 11 is 1.51. The van der Waals surface area contributed by atoms with Crippen molar-refractivity contribution in [2.75, 3.05) is 39.8 Å². The Bertz CT molecular complexity index is 466. The predicted octanol–water partition coefficient (Wildman–Crippen LogP) is 0.396. The number of nitrogens with two attached hydrogens (primary N) is 1. The molecule has 1 aliphatic heterocycles. The summed E-state index contributed by atoms with van der Waals surface area (Å²) in [4.78, 5) is 27.9. The Hall–Kier alpha value is -1.44. The number of rotatable bonds is 5. The maximum Gasteiger partial charge on any atom is 0.254 e. The highest BCUT2D eigenvalue weighted by Gasteiger charge is 2.26. The molecule has 7 heteroatoms. The zero-order valence-corrected chi connectivity index (χ0v) is 13.0. The second kappa shape index (κ2) is 7.53. The van der Waals surface area contributed by atoms with Crippen LogP contribution < -0.4 is 5.73 Å². The number of carbonyl (C=O) groups is 2. The smallest absolute Gasteiger partial charge is 0.254 e. The van der Waals surface area contributed by atoms with Gasteiger partial charge in [0, 0.05) is 45.2 Å². The Labute approximate surface area is 128 Å². The molecule has 1 aromatic rings. The molecule has 116 valence electrons. The van der Waals surface area contributed by atoms with Crippen LogP contribution in [0.25, 0.3) is 0 Å². The highest BCUT2D eigenvalue weighted by atomic mass is 32.1. The summed E-state index contributed by atoms with van der Waals surface area (Å²) in [5, 5.41) is 3.75. The second-order valence-electron chi connectivity index (χ2n) is 4.98. The predicted molar refractivity (Wildman–Crippen MR) is 81.3 cm³/mol. The molecule has 1 aromatic heterocycles. The average molecular weight is 311 g/mol. The van der Waals surface area contributed by atoms with Gasteiger partial charge in [-0.3, -0.25) is 9.59 Å². The molecule has 2 N–H and O–H groups in total. The number of ether oxygens (including phenoxy) is 1. The van der Waals surface area contributed by atoms with Gasteiger partial charge in [0.1, 0.15) is 0 Å². The van der Waals surface area contributed by atoms with Gasteiger partial charge >= 0.3 is 0 Å². The number of amides is 2. The molecule has 1 unspecified atom stereocenters. The van der Waals surface area contributed by atoms with Crippen LogP contribution in [0.5, 0.6) is 0 Å². The topological polar surface area (TPSA) is 75.9 Å². The van der Waals surface area contributed by atoms with Crippen LogP contribution in [-0.4, -0.2) is 67.6 Å². The van der Waals surface area contributed by atoms with E-state index in [0.717, 1.165) is 5.56 Å². The fourth-order valence-corrected chi connectivity index (χ4v) is 2.94. The van der Waals surface area contributed by atoms with E-state index in [9.17, 15) is 9.59 Å². The van der Waals surface area contributed by atoms with Gasteiger partial charge in [-0.25, -0.2) is 0 Å². The molecule has 1 fully saturated rings. The second-order valence-corrected chi connectivity index (χ2v) is 5.76. The fraction of sp³-hybridized carbons (Fsp3) is 0.571. The van der Waals surface area contributed by atoms with Crippen LogP contribution >= 0.6 is 11.3 Å². The lowest BCUT2D eigenvalue weighted by atomic mass is 10.2. The van der Waals surface area contributed by atoms with E-state index in [1.807, 2.05) is 16.8 Å². The van der Waals surface area contributed by atoms with E-state index in [1.165, 1.54) is 11.3 Å². The zero-order valence-electron chi connectivity index (χ0n) is 12.2. The minimum absolute atomic E-state index is 0.0370. The van der Waals surface area contributed by atoms with Gasteiger partial charge in [-0.2, -0.15) is 11.3 Å². The van der Waals surface area contributed by atoms with Crippen molar-refractivity contribution >= 4 is 23.2 Å². The lowest BCUT2D eigenvalue weighted by Gasteiger charge is -2.35. The van der Waals surface area contributed by atoms with E-state index < -0.39 is 0 Å². The maximum absolute atomic E-state index is 12.2. The van der Waals surface area contributed by atoms with Gasteiger partial charge in [0.25, 0.3) is 5.91 Å². The Balaban J connectivity index is 1.83. The third-order valence-corrected chi connectivity index (χ3v) is 4.37. The third-order valence-electron chi connectivity index (χ3n) is 3.69. The molecule has 0 aromatic carbocycles. The van der Waals surface area contributed by atoms with Crippen molar-refractivity contribution in [2.45, 2.75) is 12.5 Å². The van der Waals surface area contributed by atoms with Gasteiger partial charge in [-0.15, -0.1) is 0 Å². The molecular formula is C14H21N3O3S. The van der Waals surface area contributed by atoms with Crippen LogP contribution in [-0.2, 0) is 9.53 Å². The number of piperazine rings is 1. The molecule has 1 atom stereocenters. The molecule has 0 aliphatic carbocycles. The summed E-state index contributed by atoms with van der Waals surface area (Å²) in [5.41, 5.74) is 6.25. The lowest BCUT2D eigenvalue weighted by Crippen LogP contribution is -2.51. The first-order valence-corrected chi connectivity index (χ1v) is 7.92. The summed E-state index contributed by atoms with van der Waals surface area (Å²) in [7, 11) is 1.56. The molecule has 2 rings (SSSR count). The summed E-state index contributed by atoms with van der Waals surface area (Å²) in [6.45, 7) is 2.60. The van der Waals surface area contributed by atoms with E-state index >= 15 is 0 Å². The van der Waals surface area contributed by atoms with Crippen LogP contribution in [0.4, 0.5) is 0 Å². The van der Waals surface area contributed by atoms with Crippen molar-refractivity contribution in [3.8, 4) is 0 Å². The van der Waals surface area contributed by atoms with Gasteiger partial charge < -0.3 is 20.3 Å². The number of thiophene rings is 1. The summed E-state index contributed by atoms with van der Waals surface area (Å²) in [6, 6.07) is 1.83. The van der Waals surface area contributed by atoms with Crippen molar-refractivity contribution in [1.82, 2.24) is 9.80 Å².